The van der Waals surface area contributed by atoms with Gasteiger partial charge in [-0.25, -0.2) is 4.79 Å². The van der Waals surface area contributed by atoms with Crippen molar-refractivity contribution in [2.75, 3.05) is 33.9 Å². The molecule has 2 heterocycles. The van der Waals surface area contributed by atoms with Crippen molar-refractivity contribution in [2.24, 2.45) is 5.92 Å². The molecule has 4 rings (SSSR count). The number of carbonyl (C=O) groups is 1. The molecule has 7 nitrogen and oxygen atoms in total. The Kier molecular flexibility index (Phi) is 8.56. The Morgan fingerprint density at radius 1 is 1.25 bits per heavy atom. The maximum atomic E-state index is 12.7. The monoisotopic (exact) mass is 499 g/mol. The highest BCUT2D eigenvalue weighted by molar-refractivity contribution is 5.87. The van der Waals surface area contributed by atoms with E-state index in [0.29, 0.717) is 19.6 Å². The summed E-state index contributed by atoms with van der Waals surface area (Å²) in [7, 11) is 3.62. The lowest BCUT2D eigenvalue weighted by Crippen LogP contribution is -2.55. The molecule has 1 saturated carbocycles. The van der Waals surface area contributed by atoms with Crippen LogP contribution in [0.15, 0.2) is 42.0 Å². The van der Waals surface area contributed by atoms with Crippen molar-refractivity contribution in [1.29, 1.82) is 0 Å². The van der Waals surface area contributed by atoms with Crippen molar-refractivity contribution in [3.63, 3.8) is 0 Å². The van der Waals surface area contributed by atoms with Crippen molar-refractivity contribution in [2.45, 2.75) is 76.0 Å². The van der Waals surface area contributed by atoms with Gasteiger partial charge in [0.2, 0.25) is 0 Å². The number of ether oxygens (including phenoxy) is 5. The molecule has 2 aliphatic heterocycles. The molecule has 1 aromatic rings. The largest absolute Gasteiger partial charge is 0.494 e. The summed E-state index contributed by atoms with van der Waals surface area (Å²) >= 11 is 0. The molecule has 3 aliphatic rings. The fourth-order valence-electron chi connectivity index (χ4n) is 5.54. The van der Waals surface area contributed by atoms with Crippen molar-refractivity contribution in [1.82, 2.24) is 5.32 Å². The van der Waals surface area contributed by atoms with E-state index in [0.717, 1.165) is 37.1 Å². The Hall–Kier alpha value is -2.19. The molecule has 0 amide bonds. The first-order valence-corrected chi connectivity index (χ1v) is 13.1. The second-order valence-electron chi connectivity index (χ2n) is 10.6. The zero-order valence-corrected chi connectivity index (χ0v) is 22.3. The Morgan fingerprint density at radius 2 is 2.00 bits per heavy atom. The third kappa shape index (κ3) is 6.20. The van der Waals surface area contributed by atoms with E-state index in [2.05, 4.69) is 32.2 Å². The molecule has 1 unspecified atom stereocenters. The molecule has 6 atom stereocenters. The molecule has 198 valence electrons. The van der Waals surface area contributed by atoms with Crippen LogP contribution in [0.3, 0.4) is 0 Å². The predicted octanol–water partition coefficient (Wildman–Crippen LogP) is 4.31. The summed E-state index contributed by atoms with van der Waals surface area (Å²) in [6.07, 6.45) is 8.33. The molecule has 2 saturated heterocycles. The molecule has 0 aromatic heterocycles. The zero-order chi connectivity index (χ0) is 25.8. The normalized spacial score (nSPS) is 32.9. The highest BCUT2D eigenvalue weighted by atomic mass is 16.6. The van der Waals surface area contributed by atoms with Crippen LogP contribution in [-0.2, 0) is 23.7 Å². The highest BCUT2D eigenvalue weighted by Crippen LogP contribution is 2.59. The molecule has 7 heteroatoms. The van der Waals surface area contributed by atoms with E-state index in [1.807, 2.05) is 31.3 Å². The number of epoxide rings is 2. The van der Waals surface area contributed by atoms with Gasteiger partial charge in [-0.15, -0.1) is 0 Å². The SMILES string of the molecule is CNCCCOc1ccc(C=CC(=O)O[C@@H]2CC[C@]3(CO3)[C@@H](C3(C)O[C@@H]3CC=C(C)C)[C@@H]2OC)cc1. The van der Waals surface area contributed by atoms with E-state index in [4.69, 9.17) is 23.7 Å². The van der Waals surface area contributed by atoms with E-state index in [1.165, 1.54) is 11.6 Å². The number of allylic oxidation sites excluding steroid dienone is 1. The molecule has 1 aromatic carbocycles. The van der Waals surface area contributed by atoms with Gasteiger partial charge in [-0.05, 0) is 83.8 Å². The number of carbonyl (C=O) groups excluding carboxylic acids is 1. The number of hydrogen-bond donors (Lipinski definition) is 1. The van der Waals surface area contributed by atoms with Gasteiger partial charge in [0.1, 0.15) is 29.2 Å². The third-order valence-corrected chi connectivity index (χ3v) is 7.64. The second-order valence-corrected chi connectivity index (χ2v) is 10.6. The third-order valence-electron chi connectivity index (χ3n) is 7.64. The number of nitrogens with one attached hydrogen (secondary N) is 1. The first-order valence-electron chi connectivity index (χ1n) is 13.1. The van der Waals surface area contributed by atoms with E-state index in [9.17, 15) is 4.79 Å². The van der Waals surface area contributed by atoms with Crippen LogP contribution in [-0.4, -0.2) is 69.4 Å². The smallest absolute Gasteiger partial charge is 0.331 e. The van der Waals surface area contributed by atoms with Crippen LogP contribution >= 0.6 is 0 Å². The van der Waals surface area contributed by atoms with Gasteiger partial charge in [0.15, 0.2) is 0 Å². The van der Waals surface area contributed by atoms with Crippen LogP contribution in [0.4, 0.5) is 0 Å². The van der Waals surface area contributed by atoms with Crippen LogP contribution < -0.4 is 10.1 Å². The first kappa shape index (κ1) is 26.9. The van der Waals surface area contributed by atoms with E-state index < -0.39 is 0 Å². The molecule has 1 spiro atoms. The Balaban J connectivity index is 1.35. The summed E-state index contributed by atoms with van der Waals surface area (Å²) in [6, 6.07) is 7.68. The zero-order valence-electron chi connectivity index (χ0n) is 22.3. The number of methoxy groups -OCH3 is 1. The highest BCUT2D eigenvalue weighted by Gasteiger charge is 2.72. The molecule has 1 aliphatic carbocycles. The fraction of sp³-hybridized carbons (Fsp3) is 0.621. The maximum absolute atomic E-state index is 12.7. The lowest BCUT2D eigenvalue weighted by Gasteiger charge is -2.42. The van der Waals surface area contributed by atoms with Gasteiger partial charge >= 0.3 is 5.97 Å². The minimum Gasteiger partial charge on any atom is -0.494 e. The van der Waals surface area contributed by atoms with Gasteiger partial charge in [0, 0.05) is 13.2 Å². The summed E-state index contributed by atoms with van der Waals surface area (Å²) in [5.41, 5.74) is 1.61. The average molecular weight is 500 g/mol. The van der Waals surface area contributed by atoms with E-state index in [1.54, 1.807) is 13.2 Å². The van der Waals surface area contributed by atoms with Crippen LogP contribution in [0.25, 0.3) is 6.08 Å². The molecular formula is C29H41NO6. The minimum absolute atomic E-state index is 0.0155. The molecule has 36 heavy (non-hydrogen) atoms. The van der Waals surface area contributed by atoms with E-state index >= 15 is 0 Å². The lowest BCUT2D eigenvalue weighted by molar-refractivity contribution is -0.166. The van der Waals surface area contributed by atoms with Crippen molar-refractivity contribution in [3.05, 3.63) is 47.6 Å². The van der Waals surface area contributed by atoms with Gasteiger partial charge in [-0.1, -0.05) is 23.8 Å². The summed E-state index contributed by atoms with van der Waals surface area (Å²) < 4.78 is 29.8. The predicted molar refractivity (Wildman–Crippen MR) is 139 cm³/mol. The Bertz CT molecular complexity index is 949. The van der Waals surface area contributed by atoms with Crippen LogP contribution in [0.1, 0.15) is 52.0 Å². The second kappa shape index (κ2) is 11.5. The standard InChI is InChI=1S/C29H41NO6/c1-20(2)7-13-24-28(3,36-24)27-26(32-5)23(15-16-29(27)19-34-29)35-25(31)14-10-21-8-11-22(12-9-21)33-18-6-17-30-4/h7-12,14,23-24,26-27,30H,6,13,15-19H2,1-5H3/t23-,24-,26-,27-,28?,29+/m1/s1. The average Bonchev–Trinajstić information content (AvgIpc) is 3.78. The van der Waals surface area contributed by atoms with Crippen molar-refractivity contribution < 1.29 is 28.5 Å². The minimum atomic E-state index is -0.371. The molecule has 3 fully saturated rings. The van der Waals surface area contributed by atoms with Crippen molar-refractivity contribution in [3.8, 4) is 5.75 Å². The molecule has 1 N–H and O–H groups in total. The topological polar surface area (TPSA) is 81.9 Å². The number of esters is 1. The van der Waals surface area contributed by atoms with Crippen LogP contribution in [0.5, 0.6) is 5.75 Å². The number of rotatable bonds is 12. The fourth-order valence-corrected chi connectivity index (χ4v) is 5.54. The summed E-state index contributed by atoms with van der Waals surface area (Å²) in [5, 5.41) is 3.10. The summed E-state index contributed by atoms with van der Waals surface area (Å²) in [5.74, 6) is 0.461. The van der Waals surface area contributed by atoms with Gasteiger partial charge in [0.25, 0.3) is 0 Å². The number of hydrogen-bond acceptors (Lipinski definition) is 7. The van der Waals surface area contributed by atoms with Gasteiger partial charge in [-0.3, -0.25) is 0 Å². The van der Waals surface area contributed by atoms with Gasteiger partial charge in [0.05, 0.1) is 25.2 Å². The number of benzene rings is 1. The molecule has 0 radical (unpaired) electrons. The molecule has 0 bridgehead atoms. The first-order chi connectivity index (χ1) is 17.3. The summed E-state index contributed by atoms with van der Waals surface area (Å²) in [4.78, 5) is 12.7. The van der Waals surface area contributed by atoms with Gasteiger partial charge < -0.3 is 29.0 Å². The lowest BCUT2D eigenvalue weighted by atomic mass is 9.68. The van der Waals surface area contributed by atoms with Gasteiger partial charge in [-0.2, -0.15) is 0 Å². The Labute approximate surface area is 215 Å². The molecular weight excluding hydrogens is 458 g/mol. The van der Waals surface area contributed by atoms with E-state index in [-0.39, 0.29) is 41.4 Å². The maximum Gasteiger partial charge on any atom is 0.331 e. The van der Waals surface area contributed by atoms with Crippen LogP contribution in [0.2, 0.25) is 0 Å². The Morgan fingerprint density at radius 3 is 2.64 bits per heavy atom. The quantitative estimate of drug-likeness (QED) is 0.151. The summed E-state index contributed by atoms with van der Waals surface area (Å²) in [6.45, 7) is 8.64. The van der Waals surface area contributed by atoms with Crippen molar-refractivity contribution >= 4 is 12.0 Å². The van der Waals surface area contributed by atoms with Crippen LogP contribution in [0, 0.1) is 5.92 Å².